The fourth-order valence-electron chi connectivity index (χ4n) is 2.22. The summed E-state index contributed by atoms with van der Waals surface area (Å²) < 4.78 is 32.9. The number of halogens is 2. The molecule has 0 atom stereocenters. The summed E-state index contributed by atoms with van der Waals surface area (Å²) in [7, 11) is 3.13. The molecule has 0 heterocycles. The highest BCUT2D eigenvalue weighted by Gasteiger charge is 2.15. The van der Waals surface area contributed by atoms with E-state index in [1.54, 1.807) is 39.9 Å². The van der Waals surface area contributed by atoms with E-state index < -0.39 is 5.82 Å². The highest BCUT2D eigenvalue weighted by molar-refractivity contribution is 6.36. The third-order valence-electron chi connectivity index (χ3n) is 3.44. The number of aryl methyl sites for hydroxylation is 1. The van der Waals surface area contributed by atoms with Crippen LogP contribution in [-0.2, 0) is 0 Å². The summed E-state index contributed by atoms with van der Waals surface area (Å²) in [6.07, 6.45) is 0. The normalized spacial score (nSPS) is 10.6. The van der Waals surface area contributed by atoms with Crippen LogP contribution < -0.4 is 10.2 Å². The summed E-state index contributed by atoms with van der Waals surface area (Å²) in [5.41, 5.74) is 2.99. The fraction of sp³-hybridized carbons (Fsp3) is 0.200. The minimum absolute atomic E-state index is 0.200. The molecule has 0 saturated heterocycles. The van der Waals surface area contributed by atoms with Crippen molar-refractivity contribution >= 4 is 13.3 Å². The third kappa shape index (κ3) is 2.23. The van der Waals surface area contributed by atoms with Crippen LogP contribution in [0.1, 0.15) is 11.1 Å². The van der Waals surface area contributed by atoms with Gasteiger partial charge in [0.1, 0.15) is 13.7 Å². The minimum Gasteiger partial charge on any atom is -0.494 e. The van der Waals surface area contributed by atoms with Crippen molar-refractivity contribution in [2.24, 2.45) is 0 Å². The highest BCUT2D eigenvalue weighted by Crippen LogP contribution is 2.30. The molecule has 0 spiro atoms. The van der Waals surface area contributed by atoms with Gasteiger partial charge in [-0.3, -0.25) is 0 Å². The lowest BCUT2D eigenvalue weighted by molar-refractivity contribution is 0.385. The molecule has 2 aromatic rings. The Balaban J connectivity index is 2.67. The van der Waals surface area contributed by atoms with Crippen LogP contribution in [0.25, 0.3) is 11.1 Å². The van der Waals surface area contributed by atoms with Crippen molar-refractivity contribution in [3.8, 4) is 16.9 Å². The highest BCUT2D eigenvalue weighted by atomic mass is 19.1. The van der Waals surface area contributed by atoms with E-state index in [4.69, 9.17) is 4.74 Å². The zero-order valence-electron chi connectivity index (χ0n) is 11.5. The molecule has 2 rings (SSSR count). The average Bonchev–Trinajstić information content (AvgIpc) is 2.40. The van der Waals surface area contributed by atoms with Crippen LogP contribution in [-0.4, -0.2) is 15.0 Å². The first kappa shape index (κ1) is 13.6. The van der Waals surface area contributed by atoms with Crippen LogP contribution >= 0.6 is 0 Å². The van der Waals surface area contributed by atoms with Gasteiger partial charge in [0.15, 0.2) is 11.6 Å². The van der Waals surface area contributed by atoms with E-state index >= 15 is 0 Å². The second-order valence-electron chi connectivity index (χ2n) is 4.62. The van der Waals surface area contributed by atoms with E-state index in [2.05, 4.69) is 0 Å². The molecule has 0 aliphatic heterocycles. The molecule has 98 valence electrons. The molecule has 0 amide bonds. The molecule has 0 radical (unpaired) electrons. The molecule has 4 heteroatoms. The summed E-state index contributed by atoms with van der Waals surface area (Å²) in [6.45, 7) is 3.39. The predicted molar refractivity (Wildman–Crippen MR) is 76.0 cm³/mol. The molecule has 0 unspecified atom stereocenters. The largest absolute Gasteiger partial charge is 0.494 e. The van der Waals surface area contributed by atoms with Gasteiger partial charge in [-0.15, -0.1) is 0 Å². The van der Waals surface area contributed by atoms with Gasteiger partial charge in [-0.2, -0.15) is 0 Å². The van der Waals surface area contributed by atoms with E-state index in [9.17, 15) is 8.78 Å². The van der Waals surface area contributed by atoms with Crippen molar-refractivity contribution < 1.29 is 13.5 Å². The number of ether oxygens (including phenoxy) is 1. The lowest BCUT2D eigenvalue weighted by atomic mass is 9.84. The van der Waals surface area contributed by atoms with Gasteiger partial charge in [0, 0.05) is 0 Å². The quantitative estimate of drug-likeness (QED) is 0.754. The van der Waals surface area contributed by atoms with Crippen molar-refractivity contribution in [1.29, 1.82) is 0 Å². The standard InChI is InChI=1S/C15H15BF2O/c1-8-4-5-11(13(16)14(8)17)10-6-7-12(19-3)15(18)9(10)2/h4-7H,16H2,1-3H3. The molecule has 0 fully saturated rings. The van der Waals surface area contributed by atoms with Crippen LogP contribution in [0, 0.1) is 25.5 Å². The number of hydrogen-bond donors (Lipinski definition) is 0. The number of benzene rings is 2. The Bertz CT molecular complexity index is 639. The second kappa shape index (κ2) is 5.04. The lowest BCUT2D eigenvalue weighted by Crippen LogP contribution is -2.14. The monoisotopic (exact) mass is 260 g/mol. The van der Waals surface area contributed by atoms with Crippen molar-refractivity contribution in [3.05, 3.63) is 47.0 Å². The fourth-order valence-corrected chi connectivity index (χ4v) is 2.22. The predicted octanol–water partition coefficient (Wildman–Crippen LogP) is 2.52. The molecule has 0 aliphatic carbocycles. The summed E-state index contributed by atoms with van der Waals surface area (Å²) in [5, 5.41) is 0. The lowest BCUT2D eigenvalue weighted by Gasteiger charge is -2.14. The number of methoxy groups -OCH3 is 1. The van der Waals surface area contributed by atoms with Gasteiger partial charge in [-0.05, 0) is 47.6 Å². The van der Waals surface area contributed by atoms with Gasteiger partial charge < -0.3 is 4.74 Å². The molecule has 0 bridgehead atoms. The first-order valence-corrected chi connectivity index (χ1v) is 6.06. The third-order valence-corrected chi connectivity index (χ3v) is 3.44. The Morgan fingerprint density at radius 3 is 2.21 bits per heavy atom. The Morgan fingerprint density at radius 1 is 0.947 bits per heavy atom. The van der Waals surface area contributed by atoms with Crippen LogP contribution in [0.5, 0.6) is 5.75 Å². The maximum absolute atomic E-state index is 14.0. The average molecular weight is 260 g/mol. The summed E-state index contributed by atoms with van der Waals surface area (Å²) in [6, 6.07) is 6.85. The first-order valence-electron chi connectivity index (χ1n) is 6.06. The molecule has 0 aromatic heterocycles. The molecule has 2 aromatic carbocycles. The SMILES string of the molecule is Bc1c(-c2ccc(OC)c(F)c2C)ccc(C)c1F. The summed E-state index contributed by atoms with van der Waals surface area (Å²) in [4.78, 5) is 0. The molecule has 1 nitrogen and oxygen atoms in total. The van der Waals surface area contributed by atoms with Crippen molar-refractivity contribution in [2.75, 3.05) is 7.11 Å². The summed E-state index contributed by atoms with van der Waals surface area (Å²) >= 11 is 0. The first-order chi connectivity index (χ1) is 8.97. The van der Waals surface area contributed by atoms with Gasteiger partial charge in [-0.25, -0.2) is 8.78 Å². The molecule has 0 saturated carbocycles. The van der Waals surface area contributed by atoms with Gasteiger partial charge in [0.05, 0.1) is 7.11 Å². The topological polar surface area (TPSA) is 9.23 Å². The molecular weight excluding hydrogens is 245 g/mol. The van der Waals surface area contributed by atoms with Gasteiger partial charge in [0.2, 0.25) is 0 Å². The Kier molecular flexibility index (Phi) is 3.60. The molecule has 0 N–H and O–H groups in total. The zero-order chi connectivity index (χ0) is 14.2. The number of rotatable bonds is 2. The van der Waals surface area contributed by atoms with Crippen molar-refractivity contribution in [2.45, 2.75) is 13.8 Å². The van der Waals surface area contributed by atoms with E-state index in [-0.39, 0.29) is 11.6 Å². The maximum atomic E-state index is 14.0. The maximum Gasteiger partial charge on any atom is 0.168 e. The second-order valence-corrected chi connectivity index (χ2v) is 4.62. The smallest absolute Gasteiger partial charge is 0.168 e. The van der Waals surface area contributed by atoms with Gasteiger partial charge in [-0.1, -0.05) is 18.2 Å². The van der Waals surface area contributed by atoms with Gasteiger partial charge >= 0.3 is 0 Å². The Labute approximate surface area is 112 Å². The van der Waals surface area contributed by atoms with Crippen LogP contribution in [0.15, 0.2) is 24.3 Å². The van der Waals surface area contributed by atoms with Crippen molar-refractivity contribution in [3.63, 3.8) is 0 Å². The zero-order valence-corrected chi connectivity index (χ0v) is 11.5. The molecule has 0 aliphatic rings. The van der Waals surface area contributed by atoms with E-state index in [0.717, 1.165) is 0 Å². The van der Waals surface area contributed by atoms with E-state index in [1.807, 2.05) is 6.07 Å². The Hall–Kier alpha value is -1.84. The van der Waals surface area contributed by atoms with Crippen LogP contribution in [0.3, 0.4) is 0 Å². The van der Waals surface area contributed by atoms with Crippen molar-refractivity contribution in [1.82, 2.24) is 0 Å². The number of hydrogen-bond acceptors (Lipinski definition) is 1. The molecule has 19 heavy (non-hydrogen) atoms. The van der Waals surface area contributed by atoms with E-state index in [0.29, 0.717) is 27.7 Å². The Morgan fingerprint density at radius 2 is 1.58 bits per heavy atom. The van der Waals surface area contributed by atoms with Crippen LogP contribution in [0.2, 0.25) is 0 Å². The van der Waals surface area contributed by atoms with Crippen LogP contribution in [0.4, 0.5) is 8.78 Å². The van der Waals surface area contributed by atoms with Gasteiger partial charge in [0.25, 0.3) is 0 Å². The van der Waals surface area contributed by atoms with E-state index in [1.165, 1.54) is 7.11 Å². The summed E-state index contributed by atoms with van der Waals surface area (Å²) in [5.74, 6) is -0.444. The molecular formula is C15H15BF2O. The minimum atomic E-state index is -0.402.